The maximum atomic E-state index is 14.3. The molecule has 0 bridgehead atoms. The van der Waals surface area contributed by atoms with Crippen LogP contribution in [0.1, 0.15) is 77.4 Å². The normalized spacial score (nSPS) is 21.2. The molecule has 11 heteroatoms. The largest absolute Gasteiger partial charge is 0.438 e. The number of carbonyl (C=O) groups excluding carboxylic acids is 2. The number of pyridine rings is 1. The van der Waals surface area contributed by atoms with Crippen LogP contribution >= 0.6 is 11.3 Å². The van der Waals surface area contributed by atoms with Gasteiger partial charge in [0.05, 0.1) is 11.2 Å². The molecule has 2 atom stereocenters. The summed E-state index contributed by atoms with van der Waals surface area (Å²) in [7, 11) is 0. The molecule has 1 aliphatic heterocycles. The van der Waals surface area contributed by atoms with Crippen LogP contribution in [0.25, 0.3) is 11.1 Å². The summed E-state index contributed by atoms with van der Waals surface area (Å²) in [5, 5.41) is 12.3. The lowest BCUT2D eigenvalue weighted by molar-refractivity contribution is 0.0888. The molecule has 2 aromatic heterocycles. The number of amides is 2. The summed E-state index contributed by atoms with van der Waals surface area (Å²) in [6.07, 6.45) is 6.00. The van der Waals surface area contributed by atoms with E-state index in [0.29, 0.717) is 49.2 Å². The van der Waals surface area contributed by atoms with Crippen molar-refractivity contribution < 1.29 is 18.7 Å². The predicted molar refractivity (Wildman–Crippen MR) is 191 cm³/mol. The third-order valence-corrected chi connectivity index (χ3v) is 9.99. The molecule has 9 nitrogen and oxygen atoms in total. The minimum absolute atomic E-state index is 0.0105. The van der Waals surface area contributed by atoms with E-state index in [4.69, 9.17) is 4.74 Å². The molecule has 1 saturated heterocycles. The predicted octanol–water partition coefficient (Wildman–Crippen LogP) is 6.53. The van der Waals surface area contributed by atoms with Crippen molar-refractivity contribution in [3.8, 4) is 22.8 Å². The Morgan fingerprint density at radius 3 is 2.33 bits per heavy atom. The number of halogens is 1. The molecule has 49 heavy (non-hydrogen) atoms. The van der Waals surface area contributed by atoms with E-state index in [0.717, 1.165) is 60.9 Å². The monoisotopic (exact) mass is 684 g/mol. The quantitative estimate of drug-likeness (QED) is 0.165. The number of carbonyl (C=O) groups is 2. The zero-order valence-electron chi connectivity index (χ0n) is 28.4. The van der Waals surface area contributed by atoms with Crippen molar-refractivity contribution in [1.29, 1.82) is 0 Å². The average molecular weight is 685 g/mol. The van der Waals surface area contributed by atoms with E-state index in [1.165, 1.54) is 16.9 Å². The summed E-state index contributed by atoms with van der Waals surface area (Å²) in [6, 6.07) is 18.3. The van der Waals surface area contributed by atoms with Crippen LogP contribution in [0.4, 0.5) is 4.39 Å². The summed E-state index contributed by atoms with van der Waals surface area (Å²) >= 11 is 1.44. The fourth-order valence-electron chi connectivity index (χ4n) is 6.89. The van der Waals surface area contributed by atoms with E-state index in [1.54, 1.807) is 11.4 Å². The Morgan fingerprint density at radius 1 is 0.959 bits per heavy atom. The number of ether oxygens (including phenoxy) is 1. The van der Waals surface area contributed by atoms with Crippen LogP contribution in [0.15, 0.2) is 66.2 Å². The van der Waals surface area contributed by atoms with Crippen molar-refractivity contribution in [3.05, 3.63) is 93.8 Å². The van der Waals surface area contributed by atoms with Crippen molar-refractivity contribution >= 4 is 23.2 Å². The first kappa shape index (κ1) is 34.7. The van der Waals surface area contributed by atoms with E-state index in [9.17, 15) is 14.0 Å². The number of benzene rings is 2. The lowest BCUT2D eigenvalue weighted by Gasteiger charge is -2.36. The van der Waals surface area contributed by atoms with E-state index in [2.05, 4.69) is 68.9 Å². The molecular weight excluding hydrogens is 640 g/mol. The lowest BCUT2D eigenvalue weighted by Crippen LogP contribution is -2.54. The van der Waals surface area contributed by atoms with Crippen LogP contribution in [0.3, 0.4) is 0 Å². The van der Waals surface area contributed by atoms with Crippen LogP contribution < -0.4 is 20.7 Å². The van der Waals surface area contributed by atoms with Gasteiger partial charge in [0, 0.05) is 42.6 Å². The summed E-state index contributed by atoms with van der Waals surface area (Å²) < 4.78 is 20.4. The zero-order valence-corrected chi connectivity index (χ0v) is 29.2. The molecule has 4 aromatic rings. The first-order valence-electron chi connectivity index (χ1n) is 17.2. The maximum Gasteiger partial charge on any atom is 0.270 e. The molecule has 0 radical (unpaired) electrons. The topological polar surface area (TPSA) is 108 Å². The fourth-order valence-corrected chi connectivity index (χ4v) is 7.48. The van der Waals surface area contributed by atoms with Gasteiger partial charge in [0.15, 0.2) is 0 Å². The third kappa shape index (κ3) is 9.49. The second-order valence-corrected chi connectivity index (χ2v) is 14.5. The van der Waals surface area contributed by atoms with E-state index < -0.39 is 11.7 Å². The number of aromatic nitrogens is 2. The summed E-state index contributed by atoms with van der Waals surface area (Å²) in [5.41, 5.74) is 3.80. The van der Waals surface area contributed by atoms with Gasteiger partial charge in [-0.05, 0) is 101 Å². The van der Waals surface area contributed by atoms with Gasteiger partial charge in [-0.3, -0.25) is 9.59 Å². The molecule has 3 N–H and O–H groups in total. The SMILES string of the molecule is Cc1nc(C(=O)NC2CCC(NC(=O)c3cc(F)cnc3Oc3cccc(-c4ccc(CCCN5C[C@@H](C)N[C@@H](C)C5)cc4)c3)CC2)cs1. The van der Waals surface area contributed by atoms with Crippen LogP contribution in [0.2, 0.25) is 0 Å². The number of hydrogen-bond donors (Lipinski definition) is 3. The van der Waals surface area contributed by atoms with Crippen molar-refractivity contribution in [2.45, 2.75) is 83.5 Å². The first-order chi connectivity index (χ1) is 23.7. The van der Waals surface area contributed by atoms with E-state index in [-0.39, 0.29) is 29.4 Å². The molecular formula is C38H45FN6O3S. The Hall–Kier alpha value is -4.19. The fraction of sp³-hybridized carbons (Fsp3) is 0.421. The van der Waals surface area contributed by atoms with Crippen LogP contribution in [0.5, 0.6) is 11.6 Å². The van der Waals surface area contributed by atoms with Crippen LogP contribution in [-0.2, 0) is 6.42 Å². The van der Waals surface area contributed by atoms with Gasteiger partial charge in [-0.1, -0.05) is 36.4 Å². The molecule has 258 valence electrons. The van der Waals surface area contributed by atoms with Crippen molar-refractivity contribution in [1.82, 2.24) is 30.8 Å². The first-order valence-corrected chi connectivity index (χ1v) is 18.1. The highest BCUT2D eigenvalue weighted by molar-refractivity contribution is 7.09. The molecule has 1 saturated carbocycles. The van der Waals surface area contributed by atoms with Gasteiger partial charge >= 0.3 is 0 Å². The standard InChI is InChI=1S/C38H45FN6O3S/c1-24-21-45(22-25(2)41-24)17-5-6-27-9-11-28(12-10-27)29-7-4-8-33(18-29)48-38-34(19-30(39)20-40-38)36(46)43-31-13-15-32(16-14-31)44-37(47)35-23-49-26(3)42-35/h4,7-12,18-20,23-25,31-32,41H,5-6,13-17,21-22H2,1-3H3,(H,43,46)(H,44,47)/t24-,25+,31?,32?. The number of thiazole rings is 1. The minimum atomic E-state index is -0.618. The zero-order chi connectivity index (χ0) is 34.3. The molecule has 3 heterocycles. The van der Waals surface area contributed by atoms with Crippen LogP contribution in [0, 0.1) is 12.7 Å². The number of rotatable bonds is 11. The Balaban J connectivity index is 1.03. The second-order valence-electron chi connectivity index (χ2n) is 13.4. The Bertz CT molecular complexity index is 1730. The van der Waals surface area contributed by atoms with Crippen molar-refractivity contribution in [2.24, 2.45) is 0 Å². The van der Waals surface area contributed by atoms with Gasteiger partial charge in [-0.15, -0.1) is 11.3 Å². The average Bonchev–Trinajstić information content (AvgIpc) is 3.53. The maximum absolute atomic E-state index is 14.3. The van der Waals surface area contributed by atoms with E-state index >= 15 is 0 Å². The summed E-state index contributed by atoms with van der Waals surface area (Å²) in [4.78, 5) is 36.8. The number of aryl methyl sites for hydroxylation is 2. The Kier molecular flexibility index (Phi) is 11.3. The van der Waals surface area contributed by atoms with Gasteiger partial charge in [-0.25, -0.2) is 14.4 Å². The highest BCUT2D eigenvalue weighted by Gasteiger charge is 2.26. The summed E-state index contributed by atoms with van der Waals surface area (Å²) in [6.45, 7) is 9.66. The lowest BCUT2D eigenvalue weighted by atomic mass is 9.91. The molecule has 2 aliphatic rings. The number of piperazine rings is 1. The number of nitrogens with one attached hydrogen (secondary N) is 3. The second kappa shape index (κ2) is 16.0. The molecule has 2 fully saturated rings. The highest BCUT2D eigenvalue weighted by atomic mass is 32.1. The molecule has 1 aliphatic carbocycles. The van der Waals surface area contributed by atoms with Gasteiger partial charge in [-0.2, -0.15) is 0 Å². The number of nitrogens with zero attached hydrogens (tertiary/aromatic N) is 3. The molecule has 0 unspecified atom stereocenters. The molecule has 2 aromatic carbocycles. The van der Waals surface area contributed by atoms with Gasteiger partial charge in [0.2, 0.25) is 5.88 Å². The molecule has 2 amide bonds. The van der Waals surface area contributed by atoms with E-state index in [1.807, 2.05) is 25.1 Å². The summed E-state index contributed by atoms with van der Waals surface area (Å²) in [5.74, 6) is -0.695. The van der Waals surface area contributed by atoms with Crippen molar-refractivity contribution in [2.75, 3.05) is 19.6 Å². The Labute approximate surface area is 291 Å². The van der Waals surface area contributed by atoms with Crippen LogP contribution in [-0.4, -0.2) is 70.5 Å². The third-order valence-electron chi connectivity index (χ3n) is 9.22. The smallest absolute Gasteiger partial charge is 0.270 e. The van der Waals surface area contributed by atoms with Gasteiger partial charge in [0.25, 0.3) is 11.8 Å². The van der Waals surface area contributed by atoms with Gasteiger partial charge in [0.1, 0.15) is 22.8 Å². The van der Waals surface area contributed by atoms with Crippen molar-refractivity contribution in [3.63, 3.8) is 0 Å². The van der Waals surface area contributed by atoms with Gasteiger partial charge < -0.3 is 25.6 Å². The number of hydrogen-bond acceptors (Lipinski definition) is 8. The Morgan fingerprint density at radius 2 is 1.65 bits per heavy atom. The minimum Gasteiger partial charge on any atom is -0.438 e. The highest BCUT2D eigenvalue weighted by Crippen LogP contribution is 2.29. The molecule has 0 spiro atoms. The molecule has 6 rings (SSSR count).